The van der Waals surface area contributed by atoms with Gasteiger partial charge in [0.25, 0.3) is 5.91 Å². The Morgan fingerprint density at radius 3 is 2.58 bits per heavy atom. The topological polar surface area (TPSA) is 88.3 Å². The summed E-state index contributed by atoms with van der Waals surface area (Å²) in [6.45, 7) is 2.80. The van der Waals surface area contributed by atoms with Crippen molar-refractivity contribution in [3.8, 4) is 0 Å². The first-order valence-corrected chi connectivity index (χ1v) is 7.70. The average Bonchev–Trinajstić information content (AvgIpc) is 3.02. The Kier molecular flexibility index (Phi) is 5.64. The quantitative estimate of drug-likeness (QED) is 0.621. The molecule has 0 aliphatic rings. The number of amides is 1. The van der Waals surface area contributed by atoms with E-state index in [9.17, 15) is 14.4 Å². The Bertz CT molecular complexity index is 801. The van der Waals surface area contributed by atoms with Crippen LogP contribution in [-0.2, 0) is 9.53 Å². The van der Waals surface area contributed by atoms with Crippen molar-refractivity contribution in [1.82, 2.24) is 4.98 Å². The zero-order valence-corrected chi connectivity index (χ0v) is 14.4. The number of hydrogen-bond acceptors (Lipinski definition) is 4. The van der Waals surface area contributed by atoms with Gasteiger partial charge in [-0.15, -0.1) is 0 Å². The summed E-state index contributed by atoms with van der Waals surface area (Å²) >= 11 is 11.9. The lowest BCUT2D eigenvalue weighted by atomic mass is 10.2. The van der Waals surface area contributed by atoms with E-state index in [1.165, 1.54) is 26.1 Å². The highest BCUT2D eigenvalue weighted by Crippen LogP contribution is 2.29. The number of nitrogens with one attached hydrogen (secondary N) is 2. The smallest absolute Gasteiger partial charge is 0.355 e. The number of ether oxygens (including phenoxy) is 1. The molecule has 126 valence electrons. The van der Waals surface area contributed by atoms with Gasteiger partial charge in [0.05, 0.1) is 15.7 Å². The minimum Gasteiger partial charge on any atom is -0.448 e. The van der Waals surface area contributed by atoms with Crippen molar-refractivity contribution in [1.29, 1.82) is 0 Å². The zero-order chi connectivity index (χ0) is 17.9. The van der Waals surface area contributed by atoms with E-state index in [1.54, 1.807) is 18.2 Å². The van der Waals surface area contributed by atoms with Crippen LogP contribution in [0.1, 0.15) is 34.7 Å². The SMILES string of the molecule is CC(=O)c1c[nH]c(C(=O)O[C@H](C)C(=O)Nc2cccc(Cl)c2Cl)c1. The fourth-order valence-electron chi connectivity index (χ4n) is 1.83. The van der Waals surface area contributed by atoms with Crippen molar-refractivity contribution in [2.75, 3.05) is 5.32 Å². The number of ketones is 1. The zero-order valence-electron chi connectivity index (χ0n) is 12.9. The summed E-state index contributed by atoms with van der Waals surface area (Å²) in [5.41, 5.74) is 0.751. The number of esters is 1. The number of anilines is 1. The van der Waals surface area contributed by atoms with Crippen LogP contribution in [-0.4, -0.2) is 28.7 Å². The maximum Gasteiger partial charge on any atom is 0.355 e. The van der Waals surface area contributed by atoms with Gasteiger partial charge in [0.1, 0.15) is 5.69 Å². The molecule has 1 aromatic heterocycles. The van der Waals surface area contributed by atoms with Crippen LogP contribution in [0, 0.1) is 0 Å². The monoisotopic (exact) mass is 368 g/mol. The lowest BCUT2D eigenvalue weighted by Crippen LogP contribution is -2.30. The molecular weight excluding hydrogens is 355 g/mol. The Morgan fingerprint density at radius 1 is 1.25 bits per heavy atom. The predicted molar refractivity (Wildman–Crippen MR) is 90.8 cm³/mol. The highest BCUT2D eigenvalue weighted by Gasteiger charge is 2.21. The first-order chi connectivity index (χ1) is 11.3. The Hall–Kier alpha value is -2.31. The molecule has 1 atom stereocenters. The van der Waals surface area contributed by atoms with E-state index in [-0.39, 0.29) is 16.5 Å². The minimum absolute atomic E-state index is 0.0839. The van der Waals surface area contributed by atoms with E-state index in [0.29, 0.717) is 16.3 Å². The van der Waals surface area contributed by atoms with Crippen molar-refractivity contribution in [3.63, 3.8) is 0 Å². The Balaban J connectivity index is 2.01. The first kappa shape index (κ1) is 18.0. The van der Waals surface area contributed by atoms with Crippen molar-refractivity contribution in [2.45, 2.75) is 20.0 Å². The molecule has 0 fully saturated rings. The number of hydrogen-bond donors (Lipinski definition) is 2. The number of carbonyl (C=O) groups excluding carboxylic acids is 3. The maximum atomic E-state index is 12.1. The van der Waals surface area contributed by atoms with Crippen LogP contribution in [0.5, 0.6) is 0 Å². The number of aromatic amines is 1. The average molecular weight is 369 g/mol. The van der Waals surface area contributed by atoms with Gasteiger partial charge in [-0.25, -0.2) is 4.79 Å². The van der Waals surface area contributed by atoms with E-state index in [1.807, 2.05) is 0 Å². The summed E-state index contributed by atoms with van der Waals surface area (Å²) in [5, 5.41) is 3.02. The van der Waals surface area contributed by atoms with Gasteiger partial charge in [-0.2, -0.15) is 0 Å². The lowest BCUT2D eigenvalue weighted by Gasteiger charge is -2.14. The van der Waals surface area contributed by atoms with Gasteiger partial charge in [0.2, 0.25) is 0 Å². The number of rotatable bonds is 5. The van der Waals surface area contributed by atoms with Crippen LogP contribution in [0.15, 0.2) is 30.5 Å². The predicted octanol–water partition coefficient (Wildman–Crippen LogP) is 3.71. The second kappa shape index (κ2) is 7.51. The molecule has 0 saturated heterocycles. The van der Waals surface area contributed by atoms with Crippen LogP contribution < -0.4 is 5.32 Å². The molecule has 1 heterocycles. The number of aromatic nitrogens is 1. The molecule has 24 heavy (non-hydrogen) atoms. The molecular formula is C16H14Cl2N2O4. The second-order valence-electron chi connectivity index (χ2n) is 5.00. The standard InChI is InChI=1S/C16H14Cl2N2O4/c1-8(21)10-6-13(19-7-10)16(23)24-9(2)15(22)20-12-5-3-4-11(17)14(12)18/h3-7,9,19H,1-2H3,(H,20,22)/t9-/m1/s1. The molecule has 0 aliphatic heterocycles. The van der Waals surface area contributed by atoms with Crippen LogP contribution in [0.4, 0.5) is 5.69 Å². The summed E-state index contributed by atoms with van der Waals surface area (Å²) in [5.74, 6) is -1.50. The normalized spacial score (nSPS) is 11.7. The molecule has 0 bridgehead atoms. The van der Waals surface area contributed by atoms with Gasteiger partial charge in [0, 0.05) is 11.8 Å². The molecule has 1 amide bonds. The van der Waals surface area contributed by atoms with Crippen molar-refractivity contribution < 1.29 is 19.1 Å². The van der Waals surface area contributed by atoms with Crippen molar-refractivity contribution >= 4 is 46.5 Å². The molecule has 0 saturated carbocycles. The van der Waals surface area contributed by atoms with E-state index in [2.05, 4.69) is 10.3 Å². The molecule has 0 aliphatic carbocycles. The second-order valence-corrected chi connectivity index (χ2v) is 5.78. The fourth-order valence-corrected chi connectivity index (χ4v) is 2.18. The van der Waals surface area contributed by atoms with Gasteiger partial charge in [-0.3, -0.25) is 9.59 Å². The molecule has 6 nitrogen and oxygen atoms in total. The number of H-pyrrole nitrogens is 1. The Labute approximate surface area is 148 Å². The molecule has 0 radical (unpaired) electrons. The van der Waals surface area contributed by atoms with Gasteiger partial charge in [0.15, 0.2) is 11.9 Å². The third-order valence-corrected chi connectivity index (χ3v) is 3.99. The van der Waals surface area contributed by atoms with Crippen LogP contribution in [0.3, 0.4) is 0 Å². The summed E-state index contributed by atoms with van der Waals surface area (Å²) < 4.78 is 5.06. The molecule has 0 spiro atoms. The molecule has 2 rings (SSSR count). The van der Waals surface area contributed by atoms with Crippen molar-refractivity contribution in [3.05, 3.63) is 51.8 Å². The van der Waals surface area contributed by atoms with Crippen LogP contribution in [0.2, 0.25) is 10.0 Å². The van der Waals surface area contributed by atoms with Gasteiger partial charge < -0.3 is 15.0 Å². The third kappa shape index (κ3) is 4.15. The lowest BCUT2D eigenvalue weighted by molar-refractivity contribution is -0.123. The molecule has 0 unspecified atom stereocenters. The van der Waals surface area contributed by atoms with E-state index < -0.39 is 18.0 Å². The largest absolute Gasteiger partial charge is 0.448 e. The van der Waals surface area contributed by atoms with Gasteiger partial charge in [-0.1, -0.05) is 29.3 Å². The van der Waals surface area contributed by atoms with Gasteiger partial charge >= 0.3 is 5.97 Å². The number of halogens is 2. The molecule has 8 heteroatoms. The number of carbonyl (C=O) groups is 3. The first-order valence-electron chi connectivity index (χ1n) is 6.94. The summed E-state index contributed by atoms with van der Waals surface area (Å²) in [6.07, 6.45) is 0.326. The summed E-state index contributed by atoms with van der Waals surface area (Å²) in [6, 6.07) is 6.15. The molecule has 2 aromatic rings. The fraction of sp³-hybridized carbons (Fsp3) is 0.188. The highest BCUT2D eigenvalue weighted by atomic mass is 35.5. The highest BCUT2D eigenvalue weighted by molar-refractivity contribution is 6.44. The minimum atomic E-state index is -1.07. The third-order valence-electron chi connectivity index (χ3n) is 3.17. The molecule has 2 N–H and O–H groups in total. The summed E-state index contributed by atoms with van der Waals surface area (Å²) in [7, 11) is 0. The van der Waals surface area contributed by atoms with Crippen molar-refractivity contribution in [2.24, 2.45) is 0 Å². The van der Waals surface area contributed by atoms with E-state index in [0.717, 1.165) is 0 Å². The maximum absolute atomic E-state index is 12.1. The molecule has 1 aromatic carbocycles. The van der Waals surface area contributed by atoms with Crippen LogP contribution in [0.25, 0.3) is 0 Å². The van der Waals surface area contributed by atoms with E-state index in [4.69, 9.17) is 27.9 Å². The summed E-state index contributed by atoms with van der Waals surface area (Å²) in [4.78, 5) is 37.9. The Morgan fingerprint density at radius 2 is 1.96 bits per heavy atom. The number of Topliss-reactive ketones (excluding diaryl/α,β-unsaturated/α-hetero) is 1. The van der Waals surface area contributed by atoms with E-state index >= 15 is 0 Å². The van der Waals surface area contributed by atoms with Crippen LogP contribution >= 0.6 is 23.2 Å². The van der Waals surface area contributed by atoms with Gasteiger partial charge in [-0.05, 0) is 32.0 Å². The number of benzene rings is 1.